The van der Waals surface area contributed by atoms with Crippen LogP contribution in [0, 0.1) is 0 Å². The van der Waals surface area contributed by atoms with Crippen LogP contribution in [-0.4, -0.2) is 35.3 Å². The van der Waals surface area contributed by atoms with Gasteiger partial charge in [-0.25, -0.2) is 9.78 Å². The summed E-state index contributed by atoms with van der Waals surface area (Å²) in [4.78, 5) is 16.5. The number of esters is 1. The van der Waals surface area contributed by atoms with Gasteiger partial charge in [-0.15, -0.1) is 0 Å². The van der Waals surface area contributed by atoms with E-state index in [0.717, 1.165) is 5.75 Å². The molecule has 0 aliphatic heterocycles. The van der Waals surface area contributed by atoms with Gasteiger partial charge < -0.3 is 18.8 Å². The number of carbonyl (C=O) groups is 1. The predicted octanol–water partition coefficient (Wildman–Crippen LogP) is 3.20. The van der Waals surface area contributed by atoms with E-state index in [4.69, 9.17) is 14.2 Å². The highest BCUT2D eigenvalue weighted by Crippen LogP contribution is 2.14. The fourth-order valence-corrected chi connectivity index (χ4v) is 2.41. The van der Waals surface area contributed by atoms with Crippen LogP contribution in [0.25, 0.3) is 0 Å². The molecule has 1 aromatic heterocycles. The second-order valence-corrected chi connectivity index (χ2v) is 5.64. The van der Waals surface area contributed by atoms with Gasteiger partial charge in [0.2, 0.25) is 0 Å². The van der Waals surface area contributed by atoms with E-state index in [1.54, 1.807) is 43.9 Å². The molecule has 1 atom stereocenters. The Balaban J connectivity index is 1.66. The largest absolute Gasteiger partial charge is 0.497 e. The molecule has 6 nitrogen and oxygen atoms in total. The number of hydrogen-bond donors (Lipinski definition) is 0. The lowest BCUT2D eigenvalue weighted by atomic mass is 10.2. The van der Waals surface area contributed by atoms with E-state index in [1.807, 2.05) is 41.1 Å². The third-order valence-electron chi connectivity index (χ3n) is 3.75. The van der Waals surface area contributed by atoms with E-state index in [9.17, 15) is 4.79 Å². The maximum absolute atomic E-state index is 12.5. The van der Waals surface area contributed by atoms with Crippen molar-refractivity contribution < 1.29 is 19.0 Å². The summed E-state index contributed by atoms with van der Waals surface area (Å²) in [6.07, 6.45) is 4.72. The van der Waals surface area contributed by atoms with Crippen LogP contribution in [0.2, 0.25) is 0 Å². The number of methoxy groups -OCH3 is 1. The minimum atomic E-state index is -0.459. The van der Waals surface area contributed by atoms with Crippen LogP contribution in [0.15, 0.2) is 73.3 Å². The summed E-state index contributed by atoms with van der Waals surface area (Å²) >= 11 is 0. The van der Waals surface area contributed by atoms with Gasteiger partial charge in [0.15, 0.2) is 6.10 Å². The average molecular weight is 352 g/mol. The Hall–Kier alpha value is -3.28. The minimum absolute atomic E-state index is 0.240. The molecule has 0 spiro atoms. The lowest BCUT2D eigenvalue weighted by molar-refractivity contribution is 0.0125. The molecule has 3 aromatic rings. The molecular weight excluding hydrogens is 332 g/mol. The van der Waals surface area contributed by atoms with Gasteiger partial charge in [-0.3, -0.25) is 0 Å². The van der Waals surface area contributed by atoms with E-state index < -0.39 is 12.1 Å². The zero-order valence-electron chi connectivity index (χ0n) is 14.4. The van der Waals surface area contributed by atoms with Crippen LogP contribution >= 0.6 is 0 Å². The molecule has 6 heteroatoms. The van der Waals surface area contributed by atoms with E-state index >= 15 is 0 Å². The molecule has 134 valence electrons. The Morgan fingerprint density at radius 3 is 2.50 bits per heavy atom. The molecule has 0 unspecified atom stereocenters. The summed E-state index contributed by atoms with van der Waals surface area (Å²) in [5.74, 6) is 1.00. The van der Waals surface area contributed by atoms with Crippen LogP contribution in [0.1, 0.15) is 10.4 Å². The molecule has 0 aliphatic carbocycles. The monoisotopic (exact) mass is 352 g/mol. The van der Waals surface area contributed by atoms with Gasteiger partial charge in [0, 0.05) is 12.4 Å². The van der Waals surface area contributed by atoms with Crippen LogP contribution < -0.4 is 9.47 Å². The van der Waals surface area contributed by atoms with E-state index in [0.29, 0.717) is 17.9 Å². The molecule has 0 fully saturated rings. The number of ether oxygens (including phenoxy) is 3. The summed E-state index contributed by atoms with van der Waals surface area (Å²) in [5.41, 5.74) is 0.459. The van der Waals surface area contributed by atoms with E-state index in [-0.39, 0.29) is 6.61 Å². The van der Waals surface area contributed by atoms with Gasteiger partial charge in [-0.1, -0.05) is 18.2 Å². The van der Waals surface area contributed by atoms with Gasteiger partial charge in [0.1, 0.15) is 18.1 Å². The summed E-state index contributed by atoms with van der Waals surface area (Å²) in [5, 5.41) is 0. The van der Waals surface area contributed by atoms with Crippen molar-refractivity contribution in [2.24, 2.45) is 0 Å². The highest BCUT2D eigenvalue weighted by Gasteiger charge is 2.18. The smallest absolute Gasteiger partial charge is 0.338 e. The zero-order valence-corrected chi connectivity index (χ0v) is 14.4. The molecule has 0 amide bonds. The number of rotatable bonds is 8. The van der Waals surface area contributed by atoms with Crippen molar-refractivity contribution in [3.8, 4) is 11.5 Å². The Morgan fingerprint density at radius 1 is 1.08 bits per heavy atom. The van der Waals surface area contributed by atoms with Gasteiger partial charge in [-0.05, 0) is 36.4 Å². The van der Waals surface area contributed by atoms with Gasteiger partial charge in [0.25, 0.3) is 0 Å². The fraction of sp³-hybridized carbons (Fsp3) is 0.200. The Kier molecular flexibility index (Phi) is 5.88. The summed E-state index contributed by atoms with van der Waals surface area (Å²) in [6, 6.07) is 16.2. The molecule has 0 radical (unpaired) electrons. The Bertz CT molecular complexity index is 802. The van der Waals surface area contributed by atoms with Crippen LogP contribution in [0.3, 0.4) is 0 Å². The molecule has 0 bridgehead atoms. The number of benzene rings is 2. The first kappa shape index (κ1) is 17.5. The molecule has 0 aliphatic rings. The first-order valence-electron chi connectivity index (χ1n) is 8.23. The number of aromatic nitrogens is 2. The number of imidazole rings is 1. The summed E-state index contributed by atoms with van der Waals surface area (Å²) in [6.45, 7) is 0.693. The Labute approximate surface area is 152 Å². The summed E-state index contributed by atoms with van der Waals surface area (Å²) < 4.78 is 18.4. The molecule has 0 N–H and O–H groups in total. The second-order valence-electron chi connectivity index (χ2n) is 5.64. The van der Waals surface area contributed by atoms with Crippen molar-refractivity contribution in [1.29, 1.82) is 0 Å². The molecule has 0 saturated heterocycles. The summed E-state index contributed by atoms with van der Waals surface area (Å²) in [7, 11) is 1.58. The van der Waals surface area contributed by atoms with E-state index in [2.05, 4.69) is 4.98 Å². The third-order valence-corrected chi connectivity index (χ3v) is 3.75. The van der Waals surface area contributed by atoms with Crippen molar-refractivity contribution in [3.05, 3.63) is 78.9 Å². The number of hydrogen-bond acceptors (Lipinski definition) is 5. The SMILES string of the molecule is COc1ccc(C(=O)O[C@H](COc2ccccc2)Cn2ccnc2)cc1. The fourth-order valence-electron chi connectivity index (χ4n) is 2.41. The topological polar surface area (TPSA) is 62.6 Å². The quantitative estimate of drug-likeness (QED) is 0.583. The zero-order chi connectivity index (χ0) is 18.2. The molecular formula is C20H20N2O4. The second kappa shape index (κ2) is 8.71. The standard InChI is InChI=1S/C20H20N2O4/c1-24-17-9-7-16(8-10-17)20(23)26-19(13-22-12-11-21-15-22)14-25-18-5-3-2-4-6-18/h2-12,15,19H,13-14H2,1H3/t19-/m0/s1. The van der Waals surface area contributed by atoms with Crippen LogP contribution in [-0.2, 0) is 11.3 Å². The minimum Gasteiger partial charge on any atom is -0.497 e. The van der Waals surface area contributed by atoms with Crippen LogP contribution in [0.5, 0.6) is 11.5 Å². The van der Waals surface area contributed by atoms with Crippen molar-refractivity contribution in [2.75, 3.05) is 13.7 Å². The highest BCUT2D eigenvalue weighted by molar-refractivity contribution is 5.89. The predicted molar refractivity (Wildman–Crippen MR) is 96.4 cm³/mol. The molecule has 26 heavy (non-hydrogen) atoms. The first-order chi connectivity index (χ1) is 12.7. The van der Waals surface area contributed by atoms with Crippen molar-refractivity contribution >= 4 is 5.97 Å². The van der Waals surface area contributed by atoms with Gasteiger partial charge in [0.05, 0.1) is 25.5 Å². The van der Waals surface area contributed by atoms with Crippen molar-refractivity contribution in [2.45, 2.75) is 12.6 Å². The number of nitrogens with zero attached hydrogens (tertiary/aromatic N) is 2. The normalized spacial score (nSPS) is 11.6. The number of carbonyl (C=O) groups excluding carboxylic acids is 1. The maximum Gasteiger partial charge on any atom is 0.338 e. The lowest BCUT2D eigenvalue weighted by Gasteiger charge is -2.19. The maximum atomic E-state index is 12.5. The van der Waals surface area contributed by atoms with E-state index in [1.165, 1.54) is 0 Å². The van der Waals surface area contributed by atoms with Gasteiger partial charge in [-0.2, -0.15) is 0 Å². The average Bonchev–Trinajstić information content (AvgIpc) is 3.20. The third kappa shape index (κ3) is 4.86. The lowest BCUT2D eigenvalue weighted by Crippen LogP contribution is -2.29. The number of para-hydroxylation sites is 1. The molecule has 3 rings (SSSR count). The van der Waals surface area contributed by atoms with Crippen molar-refractivity contribution in [3.63, 3.8) is 0 Å². The van der Waals surface area contributed by atoms with Crippen LogP contribution in [0.4, 0.5) is 0 Å². The first-order valence-corrected chi connectivity index (χ1v) is 8.23. The Morgan fingerprint density at radius 2 is 1.85 bits per heavy atom. The van der Waals surface area contributed by atoms with Gasteiger partial charge >= 0.3 is 5.97 Å². The van der Waals surface area contributed by atoms with Crippen molar-refractivity contribution in [1.82, 2.24) is 9.55 Å². The molecule has 1 heterocycles. The highest BCUT2D eigenvalue weighted by atomic mass is 16.6. The molecule has 0 saturated carbocycles. The molecule has 2 aromatic carbocycles.